The summed E-state index contributed by atoms with van der Waals surface area (Å²) in [6.07, 6.45) is 3.05. The summed E-state index contributed by atoms with van der Waals surface area (Å²) < 4.78 is 1.76. The number of amides is 1. The molecule has 1 saturated heterocycles. The molecule has 0 bridgehead atoms. The summed E-state index contributed by atoms with van der Waals surface area (Å²) in [5.41, 5.74) is 1.56. The number of carbonyl (C=O) groups is 1. The summed E-state index contributed by atoms with van der Waals surface area (Å²) in [5, 5.41) is 17.1. The molecule has 0 aromatic carbocycles. The van der Waals surface area contributed by atoms with Crippen LogP contribution in [0.25, 0.3) is 0 Å². The molecule has 1 atom stereocenters. The van der Waals surface area contributed by atoms with Crippen LogP contribution in [0.4, 0.5) is 0 Å². The second kappa shape index (κ2) is 7.56. The van der Waals surface area contributed by atoms with Gasteiger partial charge in [0, 0.05) is 25.7 Å². The number of aliphatic hydroxyl groups is 1. The Morgan fingerprint density at radius 3 is 2.95 bits per heavy atom. The minimum atomic E-state index is -0.0354. The molecule has 1 aromatic heterocycles. The lowest BCUT2D eigenvalue weighted by Gasteiger charge is -2.25. The number of aryl methyl sites for hydroxylation is 2. The average molecular weight is 294 g/mol. The van der Waals surface area contributed by atoms with Crippen molar-refractivity contribution in [3.05, 3.63) is 17.5 Å². The standard InChI is InChI=1S/C15H26N4O2/c1-3-12-10-14(19(4-2)17-12)15(21)18(8-9-20)11-13-6-5-7-16-13/h10,13,16,20H,3-9,11H2,1-2H3. The molecule has 21 heavy (non-hydrogen) atoms. The fourth-order valence-corrected chi connectivity index (χ4v) is 2.79. The van der Waals surface area contributed by atoms with Crippen LogP contribution in [-0.2, 0) is 13.0 Å². The van der Waals surface area contributed by atoms with E-state index in [1.165, 1.54) is 0 Å². The zero-order chi connectivity index (χ0) is 15.2. The summed E-state index contributed by atoms with van der Waals surface area (Å²) in [5.74, 6) is -0.0354. The van der Waals surface area contributed by atoms with E-state index in [-0.39, 0.29) is 12.5 Å². The quantitative estimate of drug-likeness (QED) is 0.775. The number of nitrogens with one attached hydrogen (secondary N) is 1. The monoisotopic (exact) mass is 294 g/mol. The first kappa shape index (κ1) is 16.0. The lowest BCUT2D eigenvalue weighted by atomic mass is 10.2. The van der Waals surface area contributed by atoms with Gasteiger partial charge in [0.2, 0.25) is 0 Å². The number of nitrogens with zero attached hydrogens (tertiary/aromatic N) is 3. The number of hydrogen-bond donors (Lipinski definition) is 2. The molecule has 6 heteroatoms. The van der Waals surface area contributed by atoms with Gasteiger partial charge in [-0.25, -0.2) is 0 Å². The molecular formula is C15H26N4O2. The van der Waals surface area contributed by atoms with Gasteiger partial charge >= 0.3 is 0 Å². The fraction of sp³-hybridized carbons (Fsp3) is 0.733. The van der Waals surface area contributed by atoms with Crippen LogP contribution < -0.4 is 5.32 Å². The Balaban J connectivity index is 2.14. The van der Waals surface area contributed by atoms with E-state index in [2.05, 4.69) is 10.4 Å². The molecule has 6 nitrogen and oxygen atoms in total. The Morgan fingerprint density at radius 1 is 1.57 bits per heavy atom. The Morgan fingerprint density at radius 2 is 2.38 bits per heavy atom. The molecule has 2 N–H and O–H groups in total. The van der Waals surface area contributed by atoms with Crippen molar-refractivity contribution in [1.29, 1.82) is 0 Å². The molecule has 0 saturated carbocycles. The topological polar surface area (TPSA) is 70.4 Å². The molecule has 0 radical (unpaired) electrons. The fourth-order valence-electron chi connectivity index (χ4n) is 2.79. The van der Waals surface area contributed by atoms with Gasteiger partial charge in [-0.3, -0.25) is 9.48 Å². The molecular weight excluding hydrogens is 268 g/mol. The molecule has 0 aliphatic carbocycles. The molecule has 118 valence electrons. The maximum atomic E-state index is 12.8. The summed E-state index contributed by atoms with van der Waals surface area (Å²) in [6.45, 7) is 6.71. The minimum absolute atomic E-state index is 0.0145. The lowest BCUT2D eigenvalue weighted by molar-refractivity contribution is 0.0694. The van der Waals surface area contributed by atoms with Crippen LogP contribution in [0.1, 0.15) is 42.9 Å². The molecule has 1 fully saturated rings. The zero-order valence-electron chi connectivity index (χ0n) is 13.0. The van der Waals surface area contributed by atoms with Crippen LogP contribution in [0.15, 0.2) is 6.07 Å². The molecule has 1 aliphatic heterocycles. The highest BCUT2D eigenvalue weighted by Gasteiger charge is 2.24. The molecule has 0 spiro atoms. The molecule has 2 heterocycles. The van der Waals surface area contributed by atoms with Gasteiger partial charge < -0.3 is 15.3 Å². The van der Waals surface area contributed by atoms with Crippen molar-refractivity contribution in [2.75, 3.05) is 26.2 Å². The number of aliphatic hydroxyl groups excluding tert-OH is 1. The molecule has 1 unspecified atom stereocenters. The van der Waals surface area contributed by atoms with E-state index in [1.54, 1.807) is 9.58 Å². The Bertz CT molecular complexity index is 466. The SMILES string of the molecule is CCc1cc(C(=O)N(CCO)CC2CCCN2)n(CC)n1. The normalized spacial score (nSPS) is 18.1. The van der Waals surface area contributed by atoms with E-state index in [9.17, 15) is 9.90 Å². The summed E-state index contributed by atoms with van der Waals surface area (Å²) in [6, 6.07) is 2.21. The molecule has 1 aromatic rings. The molecule has 1 amide bonds. The van der Waals surface area contributed by atoms with Gasteiger partial charge in [0.1, 0.15) is 5.69 Å². The van der Waals surface area contributed by atoms with Gasteiger partial charge in [-0.1, -0.05) is 6.92 Å². The summed E-state index contributed by atoms with van der Waals surface area (Å²) >= 11 is 0. The van der Waals surface area contributed by atoms with Gasteiger partial charge in [0.05, 0.1) is 12.3 Å². The highest BCUT2D eigenvalue weighted by atomic mass is 16.3. The highest BCUT2D eigenvalue weighted by molar-refractivity contribution is 5.92. The largest absolute Gasteiger partial charge is 0.395 e. The van der Waals surface area contributed by atoms with Gasteiger partial charge in [-0.05, 0) is 38.8 Å². The van der Waals surface area contributed by atoms with E-state index in [4.69, 9.17) is 0 Å². The number of rotatable bonds is 7. The number of hydrogen-bond acceptors (Lipinski definition) is 4. The lowest BCUT2D eigenvalue weighted by Crippen LogP contribution is -2.43. The van der Waals surface area contributed by atoms with Crippen LogP contribution in [0.2, 0.25) is 0 Å². The number of carbonyl (C=O) groups excluding carboxylic acids is 1. The van der Waals surface area contributed by atoms with Crippen molar-refractivity contribution in [2.45, 2.75) is 45.7 Å². The summed E-state index contributed by atoms with van der Waals surface area (Å²) in [4.78, 5) is 14.5. The zero-order valence-corrected chi connectivity index (χ0v) is 13.0. The predicted octanol–water partition coefficient (Wildman–Crippen LogP) is 0.652. The van der Waals surface area contributed by atoms with Crippen molar-refractivity contribution in [3.8, 4) is 0 Å². The number of aromatic nitrogens is 2. The minimum Gasteiger partial charge on any atom is -0.395 e. The van der Waals surface area contributed by atoms with Crippen LogP contribution >= 0.6 is 0 Å². The Kier molecular flexibility index (Phi) is 5.76. The Hall–Kier alpha value is -1.40. The van der Waals surface area contributed by atoms with Crippen molar-refractivity contribution >= 4 is 5.91 Å². The van der Waals surface area contributed by atoms with Gasteiger partial charge in [0.15, 0.2) is 0 Å². The van der Waals surface area contributed by atoms with Crippen molar-refractivity contribution in [3.63, 3.8) is 0 Å². The second-order valence-corrected chi connectivity index (χ2v) is 5.46. The van der Waals surface area contributed by atoms with Crippen LogP contribution in [-0.4, -0.2) is 58.0 Å². The van der Waals surface area contributed by atoms with Crippen molar-refractivity contribution < 1.29 is 9.90 Å². The van der Waals surface area contributed by atoms with E-state index < -0.39 is 0 Å². The average Bonchev–Trinajstić information content (AvgIpc) is 3.14. The van der Waals surface area contributed by atoms with Gasteiger partial charge in [-0.15, -0.1) is 0 Å². The van der Waals surface area contributed by atoms with Crippen LogP contribution in [0.5, 0.6) is 0 Å². The maximum Gasteiger partial charge on any atom is 0.272 e. The summed E-state index contributed by atoms with van der Waals surface area (Å²) in [7, 11) is 0. The molecule has 1 aliphatic rings. The first-order chi connectivity index (χ1) is 10.2. The third kappa shape index (κ3) is 3.83. The van der Waals surface area contributed by atoms with E-state index in [1.807, 2.05) is 19.9 Å². The molecule has 2 rings (SSSR count). The van der Waals surface area contributed by atoms with E-state index in [0.29, 0.717) is 31.4 Å². The van der Waals surface area contributed by atoms with Crippen molar-refractivity contribution in [2.24, 2.45) is 0 Å². The van der Waals surface area contributed by atoms with Crippen LogP contribution in [0, 0.1) is 0 Å². The van der Waals surface area contributed by atoms with Crippen LogP contribution in [0.3, 0.4) is 0 Å². The van der Waals surface area contributed by atoms with Gasteiger partial charge in [-0.2, -0.15) is 5.10 Å². The Labute approximate surface area is 126 Å². The third-order valence-corrected chi connectivity index (χ3v) is 3.97. The van der Waals surface area contributed by atoms with Gasteiger partial charge in [0.25, 0.3) is 5.91 Å². The first-order valence-corrected chi connectivity index (χ1v) is 7.89. The maximum absolute atomic E-state index is 12.8. The van der Waals surface area contributed by atoms with E-state index in [0.717, 1.165) is 31.5 Å². The smallest absolute Gasteiger partial charge is 0.272 e. The van der Waals surface area contributed by atoms with E-state index >= 15 is 0 Å². The predicted molar refractivity (Wildman–Crippen MR) is 81.3 cm³/mol. The first-order valence-electron chi connectivity index (χ1n) is 7.89. The third-order valence-electron chi connectivity index (χ3n) is 3.97. The van der Waals surface area contributed by atoms with Crippen molar-refractivity contribution in [1.82, 2.24) is 20.0 Å². The second-order valence-electron chi connectivity index (χ2n) is 5.46. The highest BCUT2D eigenvalue weighted by Crippen LogP contribution is 2.12.